The summed E-state index contributed by atoms with van der Waals surface area (Å²) in [7, 11) is 2.72. The molecule has 0 fully saturated rings. The second kappa shape index (κ2) is 6.19. The van der Waals surface area contributed by atoms with E-state index in [0.29, 0.717) is 0 Å². The van der Waals surface area contributed by atoms with E-state index in [1.807, 2.05) is 0 Å². The normalized spacial score (nSPS) is 13.9. The standard InChI is InChI=1S/C18H13F3N4O4/c1-7-6-10(18(19,20)21)22-14-11(7)15(24-23-14)25-16(26)8-4-5-9(28-2)13(29-3)12(8)17(25)27/h4-6H,1-3H3,(H,22,23,24). The van der Waals surface area contributed by atoms with Gasteiger partial charge in [-0.05, 0) is 30.7 Å². The minimum atomic E-state index is -4.65. The highest BCUT2D eigenvalue weighted by molar-refractivity contribution is 6.36. The van der Waals surface area contributed by atoms with Crippen LogP contribution in [0, 0.1) is 6.92 Å². The molecule has 0 aliphatic carbocycles. The number of rotatable bonds is 3. The summed E-state index contributed by atoms with van der Waals surface area (Å²) < 4.78 is 49.5. The SMILES string of the molecule is COc1ccc2c(c1OC)C(=O)N(c1n[nH]c3nc(C(F)(F)F)cc(C)c13)C2=O. The average Bonchev–Trinajstić information content (AvgIpc) is 3.19. The Morgan fingerprint density at radius 3 is 2.45 bits per heavy atom. The van der Waals surface area contributed by atoms with Crippen LogP contribution in [0.25, 0.3) is 11.0 Å². The molecule has 1 N–H and O–H groups in total. The molecule has 8 nitrogen and oxygen atoms in total. The third-order valence-corrected chi connectivity index (χ3v) is 4.61. The number of aryl methyl sites for hydroxylation is 1. The van der Waals surface area contributed by atoms with Gasteiger partial charge in [-0.2, -0.15) is 18.3 Å². The van der Waals surface area contributed by atoms with Crippen LogP contribution in [0.4, 0.5) is 19.0 Å². The lowest BCUT2D eigenvalue weighted by molar-refractivity contribution is -0.141. The molecule has 3 aromatic rings. The van der Waals surface area contributed by atoms with Crippen molar-refractivity contribution in [3.8, 4) is 11.5 Å². The molecule has 0 unspecified atom stereocenters. The molecule has 150 valence electrons. The Bertz CT molecular complexity index is 1190. The van der Waals surface area contributed by atoms with Crippen LogP contribution in [0.2, 0.25) is 0 Å². The van der Waals surface area contributed by atoms with Crippen LogP contribution in [0.5, 0.6) is 11.5 Å². The highest BCUT2D eigenvalue weighted by Gasteiger charge is 2.43. The molecule has 0 saturated carbocycles. The number of anilines is 1. The Morgan fingerprint density at radius 1 is 1.10 bits per heavy atom. The second-order valence-corrected chi connectivity index (χ2v) is 6.26. The maximum absolute atomic E-state index is 13.0. The van der Waals surface area contributed by atoms with E-state index in [1.54, 1.807) is 0 Å². The highest BCUT2D eigenvalue weighted by Crippen LogP contribution is 2.41. The van der Waals surface area contributed by atoms with E-state index in [-0.39, 0.29) is 45.0 Å². The van der Waals surface area contributed by atoms with Crippen molar-refractivity contribution in [3.05, 3.63) is 40.6 Å². The molecule has 0 atom stereocenters. The van der Waals surface area contributed by atoms with E-state index in [2.05, 4.69) is 15.2 Å². The molecule has 0 spiro atoms. The zero-order valence-electron chi connectivity index (χ0n) is 15.3. The van der Waals surface area contributed by atoms with E-state index in [9.17, 15) is 22.8 Å². The zero-order valence-corrected chi connectivity index (χ0v) is 15.3. The molecule has 0 radical (unpaired) electrons. The summed E-state index contributed by atoms with van der Waals surface area (Å²) in [6.45, 7) is 1.42. The highest BCUT2D eigenvalue weighted by atomic mass is 19.4. The number of fused-ring (bicyclic) bond motifs is 2. The summed E-state index contributed by atoms with van der Waals surface area (Å²) >= 11 is 0. The number of H-pyrrole nitrogens is 1. The van der Waals surface area contributed by atoms with Gasteiger partial charge in [0.2, 0.25) is 0 Å². The van der Waals surface area contributed by atoms with Crippen molar-refractivity contribution in [2.75, 3.05) is 19.1 Å². The topological polar surface area (TPSA) is 97.4 Å². The van der Waals surface area contributed by atoms with Crippen molar-refractivity contribution < 1.29 is 32.2 Å². The number of nitrogens with one attached hydrogen (secondary N) is 1. The van der Waals surface area contributed by atoms with Crippen LogP contribution in [0.15, 0.2) is 18.2 Å². The molecule has 0 saturated heterocycles. The fraction of sp³-hybridized carbons (Fsp3) is 0.222. The van der Waals surface area contributed by atoms with Gasteiger partial charge in [-0.3, -0.25) is 14.7 Å². The molecular weight excluding hydrogens is 393 g/mol. The third kappa shape index (κ3) is 2.61. The average molecular weight is 406 g/mol. The molecule has 29 heavy (non-hydrogen) atoms. The Morgan fingerprint density at radius 2 is 1.83 bits per heavy atom. The number of alkyl halides is 3. The number of hydrogen-bond acceptors (Lipinski definition) is 6. The number of ether oxygens (including phenoxy) is 2. The number of carbonyl (C=O) groups is 2. The molecule has 3 heterocycles. The van der Waals surface area contributed by atoms with Gasteiger partial charge in [0.15, 0.2) is 23.0 Å². The number of carbonyl (C=O) groups excluding carboxylic acids is 2. The molecule has 0 bridgehead atoms. The second-order valence-electron chi connectivity index (χ2n) is 6.26. The van der Waals surface area contributed by atoms with Crippen molar-refractivity contribution in [2.45, 2.75) is 13.1 Å². The van der Waals surface area contributed by atoms with Crippen LogP contribution in [-0.4, -0.2) is 41.2 Å². The maximum Gasteiger partial charge on any atom is 0.433 e. The number of benzene rings is 1. The van der Waals surface area contributed by atoms with Crippen LogP contribution >= 0.6 is 0 Å². The maximum atomic E-state index is 13.0. The zero-order chi connectivity index (χ0) is 21.1. The van der Waals surface area contributed by atoms with E-state index < -0.39 is 23.7 Å². The van der Waals surface area contributed by atoms with E-state index >= 15 is 0 Å². The summed E-state index contributed by atoms with van der Waals surface area (Å²) in [5.41, 5.74) is -1.07. The summed E-state index contributed by atoms with van der Waals surface area (Å²) in [4.78, 5) is 30.3. The Balaban J connectivity index is 1.89. The Kier molecular flexibility index (Phi) is 4.00. The fourth-order valence-electron chi connectivity index (χ4n) is 3.34. The largest absolute Gasteiger partial charge is 0.493 e. The van der Waals surface area contributed by atoms with Gasteiger partial charge in [-0.1, -0.05) is 0 Å². The monoisotopic (exact) mass is 406 g/mol. The van der Waals surface area contributed by atoms with Gasteiger partial charge in [0.1, 0.15) is 5.69 Å². The van der Waals surface area contributed by atoms with Gasteiger partial charge in [-0.25, -0.2) is 9.88 Å². The lowest BCUT2D eigenvalue weighted by Crippen LogP contribution is -2.30. The first-order chi connectivity index (χ1) is 13.7. The molecule has 1 aliphatic heterocycles. The van der Waals surface area contributed by atoms with Gasteiger partial charge < -0.3 is 9.47 Å². The van der Waals surface area contributed by atoms with Gasteiger partial charge in [0.25, 0.3) is 11.8 Å². The number of aromatic nitrogens is 3. The quantitative estimate of drug-likeness (QED) is 0.672. The molecule has 11 heteroatoms. The molecule has 2 aromatic heterocycles. The van der Waals surface area contributed by atoms with E-state index in [1.165, 1.54) is 33.3 Å². The molecular formula is C18H13F3N4O4. The molecule has 4 rings (SSSR count). The van der Waals surface area contributed by atoms with Crippen molar-refractivity contribution in [2.24, 2.45) is 0 Å². The smallest absolute Gasteiger partial charge is 0.433 e. The predicted octanol–water partition coefficient (Wildman–Crippen LogP) is 3.10. The predicted molar refractivity (Wildman–Crippen MR) is 94.3 cm³/mol. The summed E-state index contributed by atoms with van der Waals surface area (Å²) in [5, 5.41) is 6.41. The van der Waals surface area contributed by atoms with Gasteiger partial charge in [-0.15, -0.1) is 0 Å². The number of aromatic amines is 1. The van der Waals surface area contributed by atoms with Crippen molar-refractivity contribution >= 4 is 28.7 Å². The van der Waals surface area contributed by atoms with Crippen LogP contribution in [0.3, 0.4) is 0 Å². The van der Waals surface area contributed by atoms with Gasteiger partial charge in [0, 0.05) is 0 Å². The molecule has 1 aliphatic rings. The lowest BCUT2D eigenvalue weighted by Gasteiger charge is -2.13. The van der Waals surface area contributed by atoms with E-state index in [4.69, 9.17) is 9.47 Å². The molecule has 1 aromatic carbocycles. The fourth-order valence-corrected chi connectivity index (χ4v) is 3.34. The number of nitrogens with zero attached hydrogens (tertiary/aromatic N) is 3. The Labute approximate surface area is 161 Å². The number of methoxy groups -OCH3 is 2. The van der Waals surface area contributed by atoms with Crippen LogP contribution < -0.4 is 14.4 Å². The van der Waals surface area contributed by atoms with Crippen molar-refractivity contribution in [1.82, 2.24) is 15.2 Å². The number of halogens is 3. The van der Waals surface area contributed by atoms with Crippen LogP contribution in [-0.2, 0) is 6.18 Å². The summed E-state index contributed by atoms with van der Waals surface area (Å²) in [5.74, 6) is -1.20. The summed E-state index contributed by atoms with van der Waals surface area (Å²) in [6, 6.07) is 3.74. The number of pyridine rings is 1. The third-order valence-electron chi connectivity index (χ3n) is 4.61. The number of imide groups is 1. The van der Waals surface area contributed by atoms with Gasteiger partial charge >= 0.3 is 6.18 Å². The first-order valence-electron chi connectivity index (χ1n) is 8.25. The first-order valence-corrected chi connectivity index (χ1v) is 8.25. The number of hydrogen-bond donors (Lipinski definition) is 1. The summed E-state index contributed by atoms with van der Waals surface area (Å²) in [6.07, 6.45) is -4.65. The van der Waals surface area contributed by atoms with E-state index in [0.717, 1.165) is 11.0 Å². The number of amides is 2. The van der Waals surface area contributed by atoms with Crippen LogP contribution in [0.1, 0.15) is 32.0 Å². The van der Waals surface area contributed by atoms with Crippen molar-refractivity contribution in [1.29, 1.82) is 0 Å². The minimum Gasteiger partial charge on any atom is -0.493 e. The lowest BCUT2D eigenvalue weighted by atomic mass is 10.1. The van der Waals surface area contributed by atoms with Gasteiger partial charge in [0.05, 0.1) is 30.7 Å². The first kappa shape index (κ1) is 18.7. The minimum absolute atomic E-state index is 0.00877. The molecule has 2 amide bonds. The Hall–Kier alpha value is -3.63. The van der Waals surface area contributed by atoms with Crippen molar-refractivity contribution in [3.63, 3.8) is 0 Å².